The minimum atomic E-state index is -1.34. The normalized spacial score (nSPS) is 11.5. The molecule has 1 heterocycles. The molecule has 0 bridgehead atoms. The fourth-order valence-electron chi connectivity index (χ4n) is 2.69. The number of Topliss-reactive ketones (excluding diaryl/α,β-unsaturated/α-hetero) is 1. The summed E-state index contributed by atoms with van der Waals surface area (Å²) in [5.74, 6) is 0.193. The largest absolute Gasteiger partial charge is 0.493 e. The maximum absolute atomic E-state index is 12.4. The number of likely N-dealkylation sites (N-methyl/N-ethyl adjacent to an activating group) is 1. The van der Waals surface area contributed by atoms with Crippen LogP contribution in [0, 0.1) is 0 Å². The standard InChI is InChI=1S/C19H23N3O6/c1-11(23)17(19(25)21(2)3)22-16(24)8-7-13(20-22)12-9-14(26-4)18(28-6)15(10-12)27-5/h7-10,17H,1-6H3/t17-/m1/s1. The number of methoxy groups -OCH3 is 3. The molecule has 28 heavy (non-hydrogen) atoms. The third-order valence-electron chi connectivity index (χ3n) is 4.09. The average Bonchev–Trinajstić information content (AvgIpc) is 2.67. The van der Waals surface area contributed by atoms with Crippen LogP contribution in [0.1, 0.15) is 13.0 Å². The van der Waals surface area contributed by atoms with Gasteiger partial charge in [-0.2, -0.15) is 5.10 Å². The Bertz CT molecular complexity index is 926. The summed E-state index contributed by atoms with van der Waals surface area (Å²) < 4.78 is 16.9. The number of nitrogens with zero attached hydrogens (tertiary/aromatic N) is 3. The van der Waals surface area contributed by atoms with Crippen LogP contribution in [0.2, 0.25) is 0 Å². The van der Waals surface area contributed by atoms with Crippen molar-refractivity contribution in [3.63, 3.8) is 0 Å². The van der Waals surface area contributed by atoms with E-state index in [0.29, 0.717) is 28.5 Å². The molecule has 0 aliphatic heterocycles. The van der Waals surface area contributed by atoms with Crippen LogP contribution < -0.4 is 19.8 Å². The highest BCUT2D eigenvalue weighted by atomic mass is 16.5. The molecule has 0 saturated carbocycles. The summed E-state index contributed by atoms with van der Waals surface area (Å²) in [6, 6.07) is 4.73. The lowest BCUT2D eigenvalue weighted by atomic mass is 10.1. The van der Waals surface area contributed by atoms with Gasteiger partial charge >= 0.3 is 0 Å². The van der Waals surface area contributed by atoms with Gasteiger partial charge in [0.2, 0.25) is 5.75 Å². The van der Waals surface area contributed by atoms with E-state index in [-0.39, 0.29) is 0 Å². The van der Waals surface area contributed by atoms with Crippen LogP contribution >= 0.6 is 0 Å². The minimum absolute atomic E-state index is 0.358. The third-order valence-corrected chi connectivity index (χ3v) is 4.09. The number of amides is 1. The smallest absolute Gasteiger partial charge is 0.267 e. The van der Waals surface area contributed by atoms with E-state index in [1.54, 1.807) is 12.1 Å². The van der Waals surface area contributed by atoms with Gasteiger partial charge in [0.1, 0.15) is 0 Å². The highest BCUT2D eigenvalue weighted by Gasteiger charge is 2.29. The number of benzene rings is 1. The predicted octanol–water partition coefficient (Wildman–Crippen LogP) is 1.15. The molecule has 2 rings (SSSR count). The van der Waals surface area contributed by atoms with Gasteiger partial charge in [-0.3, -0.25) is 14.4 Å². The monoisotopic (exact) mass is 389 g/mol. The van der Waals surface area contributed by atoms with Crippen molar-refractivity contribution < 1.29 is 23.8 Å². The van der Waals surface area contributed by atoms with E-state index in [9.17, 15) is 14.4 Å². The van der Waals surface area contributed by atoms with E-state index < -0.39 is 23.3 Å². The minimum Gasteiger partial charge on any atom is -0.493 e. The lowest BCUT2D eigenvalue weighted by molar-refractivity contribution is -0.138. The zero-order valence-corrected chi connectivity index (χ0v) is 16.7. The van der Waals surface area contributed by atoms with E-state index in [2.05, 4.69) is 5.10 Å². The first-order valence-electron chi connectivity index (χ1n) is 8.37. The Labute approximate surface area is 162 Å². The summed E-state index contributed by atoms with van der Waals surface area (Å²) in [5.41, 5.74) is 0.353. The van der Waals surface area contributed by atoms with Crippen molar-refractivity contribution in [2.75, 3.05) is 35.4 Å². The van der Waals surface area contributed by atoms with Gasteiger partial charge in [0.25, 0.3) is 11.5 Å². The molecule has 0 aliphatic carbocycles. The molecule has 1 amide bonds. The molecule has 0 unspecified atom stereocenters. The summed E-state index contributed by atoms with van der Waals surface area (Å²) in [6.07, 6.45) is 0. The Balaban J connectivity index is 2.67. The molecule has 150 valence electrons. The second kappa shape index (κ2) is 8.55. The first kappa shape index (κ1) is 20.9. The van der Waals surface area contributed by atoms with Gasteiger partial charge in [-0.15, -0.1) is 0 Å². The molecular weight excluding hydrogens is 366 g/mol. The number of rotatable bonds is 7. The molecule has 0 aliphatic rings. The quantitative estimate of drug-likeness (QED) is 0.655. The zero-order chi connectivity index (χ0) is 21.0. The van der Waals surface area contributed by atoms with E-state index in [1.165, 1.54) is 59.4 Å². The number of hydrogen-bond donors (Lipinski definition) is 0. The van der Waals surface area contributed by atoms with Crippen LogP contribution in [0.15, 0.2) is 29.1 Å². The summed E-state index contributed by atoms with van der Waals surface area (Å²) in [4.78, 5) is 38.1. The predicted molar refractivity (Wildman–Crippen MR) is 102 cm³/mol. The number of ether oxygens (including phenoxy) is 3. The fourth-order valence-corrected chi connectivity index (χ4v) is 2.69. The van der Waals surface area contributed by atoms with Crippen molar-refractivity contribution in [2.45, 2.75) is 13.0 Å². The number of hydrogen-bond acceptors (Lipinski definition) is 7. The Morgan fingerprint density at radius 3 is 2.04 bits per heavy atom. The van der Waals surface area contributed by atoms with Gasteiger partial charge in [0.15, 0.2) is 23.3 Å². The Kier molecular flexibility index (Phi) is 6.40. The molecule has 0 radical (unpaired) electrons. The maximum Gasteiger partial charge on any atom is 0.267 e. The lowest BCUT2D eigenvalue weighted by Gasteiger charge is -2.20. The van der Waals surface area contributed by atoms with Crippen molar-refractivity contribution in [3.8, 4) is 28.5 Å². The maximum atomic E-state index is 12.4. The molecule has 9 heteroatoms. The van der Waals surface area contributed by atoms with Crippen molar-refractivity contribution in [1.29, 1.82) is 0 Å². The highest BCUT2D eigenvalue weighted by Crippen LogP contribution is 2.40. The molecule has 0 N–H and O–H groups in total. The van der Waals surface area contributed by atoms with Crippen LogP contribution in [0.25, 0.3) is 11.3 Å². The van der Waals surface area contributed by atoms with Gasteiger partial charge in [-0.05, 0) is 25.1 Å². The Morgan fingerprint density at radius 1 is 1.04 bits per heavy atom. The second-order valence-corrected chi connectivity index (χ2v) is 6.16. The summed E-state index contributed by atoms with van der Waals surface area (Å²) in [7, 11) is 7.47. The fraction of sp³-hybridized carbons (Fsp3) is 0.368. The molecule has 0 spiro atoms. The van der Waals surface area contributed by atoms with Crippen molar-refractivity contribution in [3.05, 3.63) is 34.6 Å². The van der Waals surface area contributed by atoms with Crippen LogP contribution in [0.5, 0.6) is 17.2 Å². The second-order valence-electron chi connectivity index (χ2n) is 6.16. The van der Waals surface area contributed by atoms with Crippen molar-refractivity contribution in [2.24, 2.45) is 0 Å². The Morgan fingerprint density at radius 2 is 1.61 bits per heavy atom. The summed E-state index contributed by atoms with van der Waals surface area (Å²) in [6.45, 7) is 1.24. The summed E-state index contributed by atoms with van der Waals surface area (Å²) >= 11 is 0. The first-order valence-corrected chi connectivity index (χ1v) is 8.37. The van der Waals surface area contributed by atoms with Crippen molar-refractivity contribution in [1.82, 2.24) is 14.7 Å². The van der Waals surface area contributed by atoms with Gasteiger partial charge in [-0.25, -0.2) is 4.68 Å². The van der Waals surface area contributed by atoms with E-state index >= 15 is 0 Å². The molecule has 0 saturated heterocycles. The highest BCUT2D eigenvalue weighted by molar-refractivity contribution is 6.02. The SMILES string of the molecule is COc1cc(-c2ccc(=O)n([C@H](C(C)=O)C(=O)N(C)C)n2)cc(OC)c1OC. The van der Waals surface area contributed by atoms with Gasteiger partial charge in [-0.1, -0.05) is 0 Å². The van der Waals surface area contributed by atoms with E-state index in [1.807, 2.05) is 0 Å². The van der Waals surface area contributed by atoms with Crippen LogP contribution in [0.3, 0.4) is 0 Å². The molecule has 9 nitrogen and oxygen atoms in total. The average molecular weight is 389 g/mol. The van der Waals surface area contributed by atoms with Gasteiger partial charge < -0.3 is 19.1 Å². The van der Waals surface area contributed by atoms with Crippen molar-refractivity contribution >= 4 is 11.7 Å². The van der Waals surface area contributed by atoms with Crippen LogP contribution in [-0.2, 0) is 9.59 Å². The topological polar surface area (TPSA) is 100.0 Å². The van der Waals surface area contributed by atoms with E-state index in [4.69, 9.17) is 14.2 Å². The number of carbonyl (C=O) groups is 2. The number of ketones is 1. The number of aromatic nitrogens is 2. The molecule has 0 fully saturated rings. The molecule has 1 atom stereocenters. The zero-order valence-electron chi connectivity index (χ0n) is 16.7. The number of carbonyl (C=O) groups excluding carboxylic acids is 2. The Hall–Kier alpha value is -3.36. The van der Waals surface area contributed by atoms with Gasteiger partial charge in [0.05, 0.1) is 27.0 Å². The van der Waals surface area contributed by atoms with E-state index in [0.717, 1.165) is 4.68 Å². The molecule has 1 aromatic heterocycles. The third kappa shape index (κ3) is 3.98. The van der Waals surface area contributed by atoms with Gasteiger partial charge in [0, 0.05) is 25.7 Å². The van der Waals surface area contributed by atoms with Crippen LogP contribution in [0.4, 0.5) is 0 Å². The lowest BCUT2D eigenvalue weighted by Crippen LogP contribution is -2.41. The molecule has 1 aromatic carbocycles. The van der Waals surface area contributed by atoms with Crippen LogP contribution in [-0.4, -0.2) is 61.8 Å². The summed E-state index contributed by atoms with van der Waals surface area (Å²) in [5, 5.41) is 4.26. The molecular formula is C19H23N3O6. The first-order chi connectivity index (χ1) is 13.2. The molecule has 2 aromatic rings.